The Morgan fingerprint density at radius 3 is 2.30 bits per heavy atom. The molecule has 0 aliphatic rings. The highest BCUT2D eigenvalue weighted by Crippen LogP contribution is 2.18. The van der Waals surface area contributed by atoms with Crippen LogP contribution in [0.2, 0.25) is 0 Å². The van der Waals surface area contributed by atoms with Gasteiger partial charge in [-0.25, -0.2) is 0 Å². The molecule has 0 unspecified atom stereocenters. The second kappa shape index (κ2) is 7.23. The molecule has 0 spiro atoms. The normalized spacial score (nSPS) is 10.7. The van der Waals surface area contributed by atoms with E-state index in [1.54, 1.807) is 24.3 Å². The molecule has 0 fully saturated rings. The summed E-state index contributed by atoms with van der Waals surface area (Å²) < 4.78 is 0. The van der Waals surface area contributed by atoms with Crippen LogP contribution < -0.4 is 5.32 Å². The van der Waals surface area contributed by atoms with Crippen LogP contribution in [0.5, 0.6) is 0 Å². The molecule has 0 heterocycles. The largest absolute Gasteiger partial charge is 0.326 e. The van der Waals surface area contributed by atoms with E-state index in [1.165, 1.54) is 0 Å². The Balaban J connectivity index is 2.20. The van der Waals surface area contributed by atoms with Crippen LogP contribution in [0.25, 0.3) is 0 Å². The smallest absolute Gasteiger partial charge is 0.224 e. The van der Waals surface area contributed by atoms with E-state index in [9.17, 15) is 9.59 Å². The molecule has 2 aromatic rings. The summed E-state index contributed by atoms with van der Waals surface area (Å²) in [5.74, 6) is 0.235. The van der Waals surface area contributed by atoms with Crippen LogP contribution in [0, 0.1) is 19.8 Å². The molecule has 23 heavy (non-hydrogen) atoms. The minimum absolute atomic E-state index is 0.0317. The molecule has 120 valence electrons. The highest BCUT2D eigenvalue weighted by atomic mass is 16.1. The third-order valence-corrected chi connectivity index (χ3v) is 3.77. The van der Waals surface area contributed by atoms with Crippen molar-refractivity contribution in [2.45, 2.75) is 34.1 Å². The number of anilines is 1. The predicted octanol–water partition coefficient (Wildman–Crippen LogP) is 4.52. The summed E-state index contributed by atoms with van der Waals surface area (Å²) in [7, 11) is 0. The number of ketones is 1. The Morgan fingerprint density at radius 1 is 0.957 bits per heavy atom. The Kier molecular flexibility index (Phi) is 5.32. The summed E-state index contributed by atoms with van der Waals surface area (Å²) in [6, 6.07) is 12.8. The third-order valence-electron chi connectivity index (χ3n) is 3.77. The van der Waals surface area contributed by atoms with Crippen molar-refractivity contribution in [3.8, 4) is 0 Å². The first-order valence-electron chi connectivity index (χ1n) is 7.88. The Hall–Kier alpha value is -2.42. The van der Waals surface area contributed by atoms with E-state index < -0.39 is 0 Å². The molecule has 2 aromatic carbocycles. The number of nitrogens with one attached hydrogen (secondary N) is 1. The average molecular weight is 309 g/mol. The molecule has 0 saturated carbocycles. The fraction of sp³-hybridized carbons (Fsp3) is 0.300. The number of hydrogen-bond donors (Lipinski definition) is 1. The quantitative estimate of drug-likeness (QED) is 0.825. The fourth-order valence-electron chi connectivity index (χ4n) is 2.37. The molecule has 3 nitrogen and oxygen atoms in total. The summed E-state index contributed by atoms with van der Waals surface area (Å²) in [4.78, 5) is 24.5. The van der Waals surface area contributed by atoms with Crippen LogP contribution in [0.3, 0.4) is 0 Å². The van der Waals surface area contributed by atoms with Crippen molar-refractivity contribution in [3.05, 3.63) is 64.7 Å². The lowest BCUT2D eigenvalue weighted by molar-refractivity contribution is -0.116. The van der Waals surface area contributed by atoms with Gasteiger partial charge in [-0.05, 0) is 49.1 Å². The van der Waals surface area contributed by atoms with Gasteiger partial charge in [0.15, 0.2) is 5.78 Å². The van der Waals surface area contributed by atoms with E-state index in [4.69, 9.17) is 0 Å². The van der Waals surface area contributed by atoms with Crippen molar-refractivity contribution in [1.82, 2.24) is 0 Å². The molecule has 0 aliphatic heterocycles. The third kappa shape index (κ3) is 4.52. The lowest BCUT2D eigenvalue weighted by Crippen LogP contribution is -2.14. The highest BCUT2D eigenvalue weighted by molar-refractivity contribution is 6.09. The van der Waals surface area contributed by atoms with E-state index in [0.29, 0.717) is 29.2 Å². The van der Waals surface area contributed by atoms with Crippen LogP contribution in [0.15, 0.2) is 42.5 Å². The van der Waals surface area contributed by atoms with E-state index in [1.807, 2.05) is 45.9 Å². The van der Waals surface area contributed by atoms with Gasteiger partial charge in [0.1, 0.15) is 0 Å². The number of hydrogen-bond acceptors (Lipinski definition) is 2. The summed E-state index contributed by atoms with van der Waals surface area (Å²) in [5, 5.41) is 2.85. The van der Waals surface area contributed by atoms with Crippen molar-refractivity contribution in [3.63, 3.8) is 0 Å². The number of benzene rings is 2. The minimum Gasteiger partial charge on any atom is -0.326 e. The molecule has 2 rings (SSSR count). The van der Waals surface area contributed by atoms with Crippen LogP contribution in [0.1, 0.15) is 47.3 Å². The lowest BCUT2D eigenvalue weighted by Gasteiger charge is -2.09. The molecular weight excluding hydrogens is 286 g/mol. The minimum atomic E-state index is -0.0342. The maximum atomic E-state index is 12.6. The van der Waals surface area contributed by atoms with Gasteiger partial charge in [-0.2, -0.15) is 0 Å². The van der Waals surface area contributed by atoms with Gasteiger partial charge in [0.25, 0.3) is 0 Å². The van der Waals surface area contributed by atoms with Crippen molar-refractivity contribution in [2.24, 2.45) is 5.92 Å². The molecule has 0 atom stereocenters. The summed E-state index contributed by atoms with van der Waals surface area (Å²) in [5.41, 5.74) is 4.16. The zero-order chi connectivity index (χ0) is 17.0. The van der Waals surface area contributed by atoms with Gasteiger partial charge in [0, 0.05) is 23.2 Å². The highest BCUT2D eigenvalue weighted by Gasteiger charge is 2.11. The Bertz CT molecular complexity index is 732. The van der Waals surface area contributed by atoms with E-state index >= 15 is 0 Å². The first-order chi connectivity index (χ1) is 10.9. The van der Waals surface area contributed by atoms with Crippen molar-refractivity contribution < 1.29 is 9.59 Å². The van der Waals surface area contributed by atoms with Crippen LogP contribution in [0.4, 0.5) is 5.69 Å². The molecular formula is C20H23NO2. The SMILES string of the molecule is Cc1ccc(C(=O)c2cccc(NC(=O)CC(C)C)c2)cc1C. The number of amides is 1. The van der Waals surface area contributed by atoms with Crippen LogP contribution in [-0.4, -0.2) is 11.7 Å². The first-order valence-corrected chi connectivity index (χ1v) is 7.88. The predicted molar refractivity (Wildman–Crippen MR) is 93.9 cm³/mol. The molecule has 3 heteroatoms. The second-order valence-electron chi connectivity index (χ2n) is 6.36. The van der Waals surface area contributed by atoms with E-state index in [2.05, 4.69) is 5.32 Å². The molecule has 0 saturated heterocycles. The van der Waals surface area contributed by atoms with Crippen molar-refractivity contribution in [1.29, 1.82) is 0 Å². The zero-order valence-corrected chi connectivity index (χ0v) is 14.1. The molecule has 1 amide bonds. The maximum Gasteiger partial charge on any atom is 0.224 e. The number of aryl methyl sites for hydroxylation is 2. The summed E-state index contributed by atoms with van der Waals surface area (Å²) >= 11 is 0. The number of carbonyl (C=O) groups is 2. The van der Waals surface area contributed by atoms with Gasteiger partial charge >= 0.3 is 0 Å². The lowest BCUT2D eigenvalue weighted by atomic mass is 9.99. The number of carbonyl (C=O) groups excluding carboxylic acids is 2. The number of rotatable bonds is 5. The van der Waals surface area contributed by atoms with Gasteiger partial charge in [-0.1, -0.05) is 38.1 Å². The van der Waals surface area contributed by atoms with Gasteiger partial charge < -0.3 is 5.32 Å². The first kappa shape index (κ1) is 16.9. The molecule has 0 aromatic heterocycles. The van der Waals surface area contributed by atoms with E-state index in [-0.39, 0.29) is 11.7 Å². The molecule has 1 N–H and O–H groups in total. The molecule has 0 radical (unpaired) electrons. The van der Waals surface area contributed by atoms with Gasteiger partial charge in [-0.3, -0.25) is 9.59 Å². The summed E-state index contributed by atoms with van der Waals surface area (Å²) in [6.07, 6.45) is 0.468. The van der Waals surface area contributed by atoms with Gasteiger partial charge in [0.2, 0.25) is 5.91 Å². The molecule has 0 aliphatic carbocycles. The summed E-state index contributed by atoms with van der Waals surface area (Å²) in [6.45, 7) is 8.02. The standard InChI is InChI=1S/C20H23NO2/c1-13(2)10-19(22)21-18-7-5-6-16(12-18)20(23)17-9-8-14(3)15(4)11-17/h5-9,11-13H,10H2,1-4H3,(H,21,22). The van der Waals surface area contributed by atoms with Crippen molar-refractivity contribution in [2.75, 3.05) is 5.32 Å². The zero-order valence-electron chi connectivity index (χ0n) is 14.1. The fourth-order valence-corrected chi connectivity index (χ4v) is 2.37. The van der Waals surface area contributed by atoms with Crippen LogP contribution >= 0.6 is 0 Å². The van der Waals surface area contributed by atoms with Crippen LogP contribution in [-0.2, 0) is 4.79 Å². The Morgan fingerprint density at radius 2 is 1.65 bits per heavy atom. The Labute approximate surface area is 137 Å². The van der Waals surface area contributed by atoms with Gasteiger partial charge in [0.05, 0.1) is 0 Å². The monoisotopic (exact) mass is 309 g/mol. The average Bonchev–Trinajstić information content (AvgIpc) is 2.48. The van der Waals surface area contributed by atoms with E-state index in [0.717, 1.165) is 11.1 Å². The molecule has 0 bridgehead atoms. The topological polar surface area (TPSA) is 46.2 Å². The van der Waals surface area contributed by atoms with Crippen molar-refractivity contribution >= 4 is 17.4 Å². The maximum absolute atomic E-state index is 12.6. The van der Waals surface area contributed by atoms with Gasteiger partial charge in [-0.15, -0.1) is 0 Å². The second-order valence-corrected chi connectivity index (χ2v) is 6.36.